The van der Waals surface area contributed by atoms with Gasteiger partial charge in [-0.1, -0.05) is 36.4 Å². The number of nitrogens with two attached hydrogens (primary N) is 3. The van der Waals surface area contributed by atoms with Gasteiger partial charge in [-0.25, -0.2) is 4.79 Å². The summed E-state index contributed by atoms with van der Waals surface area (Å²) in [7, 11) is 0. The molecule has 59 heavy (non-hydrogen) atoms. The number of rotatable bonds is 23. The number of primary amides is 2. The number of hydrogen-bond acceptors (Lipinski definition) is 13. The first kappa shape index (κ1) is 47.7. The molecule has 1 fully saturated rings. The Bertz CT molecular complexity index is 1890. The molecule has 320 valence electrons. The molecule has 7 amide bonds. The van der Waals surface area contributed by atoms with Crippen molar-refractivity contribution in [3.05, 3.63) is 65.2 Å². The summed E-state index contributed by atoms with van der Waals surface area (Å²) in [6, 6.07) is 4.34. The average Bonchev–Trinajstić information content (AvgIpc) is 3.69. The Balaban J connectivity index is 1.82. The number of thiol groups is 2. The fourth-order valence-corrected chi connectivity index (χ4v) is 6.76. The lowest BCUT2D eigenvalue weighted by molar-refractivity contribution is -0.149. The lowest BCUT2D eigenvalue weighted by Gasteiger charge is -2.28. The highest BCUT2D eigenvalue weighted by atomic mass is 32.1. The largest absolute Gasteiger partial charge is 0.507 e. The predicted octanol–water partition coefficient (Wildman–Crippen LogP) is -1.91. The van der Waals surface area contributed by atoms with Gasteiger partial charge in [-0.3, -0.25) is 38.4 Å². The van der Waals surface area contributed by atoms with Gasteiger partial charge in [0.2, 0.25) is 41.4 Å². The molecule has 0 unspecified atom stereocenters. The molecule has 1 heterocycles. The number of benzene rings is 2. The zero-order valence-electron chi connectivity index (χ0n) is 32.0. The fraction of sp³-hybridized carbons (Fsp3) is 0.447. The second kappa shape index (κ2) is 23.1. The summed E-state index contributed by atoms with van der Waals surface area (Å²) in [6.45, 7) is 0.120. The van der Waals surface area contributed by atoms with E-state index in [1.165, 1.54) is 18.2 Å². The highest BCUT2D eigenvalue weighted by Crippen LogP contribution is 2.22. The number of ketones is 1. The van der Waals surface area contributed by atoms with Gasteiger partial charge in [0.05, 0.1) is 18.0 Å². The number of carboxylic acids is 1. The third-order valence-electron chi connectivity index (χ3n) is 9.38. The maximum absolute atomic E-state index is 13.9. The van der Waals surface area contributed by atoms with Crippen molar-refractivity contribution >= 4 is 78.4 Å². The minimum absolute atomic E-state index is 0.0345. The number of nitrogens with zero attached hydrogens (tertiary/aromatic N) is 1. The number of Topliss-reactive ketones (excluding diaryl/α,β-unsaturated/α-hetero) is 1. The number of phenolic OH excluding ortho intramolecular Hbond substituents is 1. The summed E-state index contributed by atoms with van der Waals surface area (Å²) in [4.78, 5) is 117. The van der Waals surface area contributed by atoms with Gasteiger partial charge in [-0.2, -0.15) is 25.3 Å². The van der Waals surface area contributed by atoms with Gasteiger partial charge in [0.25, 0.3) is 0 Å². The molecule has 12 N–H and O–H groups in total. The lowest BCUT2D eigenvalue weighted by atomic mass is 9.99. The molecule has 2 aromatic rings. The topological polar surface area (TPSA) is 324 Å². The Morgan fingerprint density at radius 2 is 1.36 bits per heavy atom. The normalized spacial score (nSPS) is 16.1. The first-order valence-electron chi connectivity index (χ1n) is 18.6. The van der Waals surface area contributed by atoms with Crippen LogP contribution in [-0.2, 0) is 51.2 Å². The Kier molecular flexibility index (Phi) is 18.6. The molecule has 3 rings (SSSR count). The van der Waals surface area contributed by atoms with E-state index in [0.29, 0.717) is 17.5 Å². The summed E-state index contributed by atoms with van der Waals surface area (Å²) in [5, 5.41) is 29.5. The van der Waals surface area contributed by atoms with Crippen LogP contribution in [-0.4, -0.2) is 123 Å². The van der Waals surface area contributed by atoms with Crippen molar-refractivity contribution in [3.8, 4) is 5.75 Å². The summed E-state index contributed by atoms with van der Waals surface area (Å²) in [6.07, 6.45) is -1.09. The van der Waals surface area contributed by atoms with Crippen molar-refractivity contribution in [2.45, 2.75) is 87.6 Å². The number of carboxylic acid groups (broad SMARTS) is 1. The predicted molar refractivity (Wildman–Crippen MR) is 219 cm³/mol. The van der Waals surface area contributed by atoms with Crippen molar-refractivity contribution in [1.82, 2.24) is 26.2 Å². The highest BCUT2D eigenvalue weighted by Gasteiger charge is 2.38. The lowest BCUT2D eigenvalue weighted by Crippen LogP contribution is -2.60. The van der Waals surface area contributed by atoms with Crippen molar-refractivity contribution in [1.29, 1.82) is 0 Å². The summed E-state index contributed by atoms with van der Waals surface area (Å²) < 4.78 is 0. The van der Waals surface area contributed by atoms with Gasteiger partial charge < -0.3 is 53.6 Å². The summed E-state index contributed by atoms with van der Waals surface area (Å²) in [5.74, 6) is -8.27. The molecule has 1 aliphatic heterocycles. The van der Waals surface area contributed by atoms with E-state index in [-0.39, 0.29) is 67.3 Å². The Hall–Kier alpha value is -5.67. The Morgan fingerprint density at radius 3 is 1.97 bits per heavy atom. The first-order chi connectivity index (χ1) is 27.9. The van der Waals surface area contributed by atoms with Crippen LogP contribution in [0.5, 0.6) is 5.75 Å². The highest BCUT2D eigenvalue weighted by molar-refractivity contribution is 7.80. The van der Waals surface area contributed by atoms with Gasteiger partial charge in [0.15, 0.2) is 5.78 Å². The minimum Gasteiger partial charge on any atom is -0.507 e. The van der Waals surface area contributed by atoms with E-state index in [9.17, 15) is 53.4 Å². The standard InChI is InChI=1S/C38H50N8O11S2/c39-23(16-21-8-10-29(47)22(15-21)30(48)12-14-58)33(51)43-25(17-20-5-2-1-3-6-20)35(53)42-24(9-11-31(40)49)34(52)44-26(18-32(41)50)36(54)45-27(19-59)37(55)46-13-4-7-28(46)38(56)57/h1-3,5-6,8,10,15,23-28,47,58-59H,4,7,9,11-14,16-19,39H2,(H2,40,49)(H2,41,50)(H,42,53)(H,43,51)(H,44,52)(H,45,54)(H,56,57)/t23-,24-,25-,26-,27-,28-/m0/s1. The molecule has 19 nitrogen and oxygen atoms in total. The van der Waals surface area contributed by atoms with E-state index in [2.05, 4.69) is 46.5 Å². The number of likely N-dealkylation sites (tertiary alicyclic amines) is 1. The van der Waals surface area contributed by atoms with Crippen LogP contribution in [0, 0.1) is 0 Å². The maximum atomic E-state index is 13.9. The first-order valence-corrected chi connectivity index (χ1v) is 19.9. The van der Waals surface area contributed by atoms with E-state index in [1.54, 1.807) is 30.3 Å². The van der Waals surface area contributed by atoms with Gasteiger partial charge in [0.1, 0.15) is 36.0 Å². The second-order valence-corrected chi connectivity index (χ2v) is 14.7. The van der Waals surface area contributed by atoms with Crippen LogP contribution in [0.1, 0.15) is 60.0 Å². The van der Waals surface area contributed by atoms with Gasteiger partial charge in [-0.05, 0) is 54.7 Å². The quantitative estimate of drug-likeness (QED) is 0.0431. The van der Waals surface area contributed by atoms with E-state index in [0.717, 1.165) is 4.90 Å². The number of hydrogen-bond donors (Lipinski definition) is 11. The molecule has 0 aromatic heterocycles. The molecule has 0 saturated carbocycles. The van der Waals surface area contributed by atoms with Crippen LogP contribution >= 0.6 is 25.3 Å². The third-order valence-corrected chi connectivity index (χ3v) is 9.97. The summed E-state index contributed by atoms with van der Waals surface area (Å²) >= 11 is 8.18. The molecule has 1 aliphatic rings. The number of aliphatic carboxylic acids is 1. The van der Waals surface area contributed by atoms with Gasteiger partial charge in [0, 0.05) is 31.6 Å². The second-order valence-electron chi connectivity index (χ2n) is 13.9. The number of carbonyl (C=O) groups excluding carboxylic acids is 8. The van der Waals surface area contributed by atoms with Gasteiger partial charge in [-0.15, -0.1) is 0 Å². The molecule has 0 bridgehead atoms. The van der Waals surface area contributed by atoms with Crippen molar-refractivity contribution in [2.24, 2.45) is 17.2 Å². The number of phenols is 1. The van der Waals surface area contributed by atoms with E-state index >= 15 is 0 Å². The van der Waals surface area contributed by atoms with E-state index < -0.39 is 96.4 Å². The van der Waals surface area contributed by atoms with Gasteiger partial charge >= 0.3 is 5.97 Å². The number of aromatic hydroxyl groups is 1. The van der Waals surface area contributed by atoms with Crippen LogP contribution in [0.4, 0.5) is 0 Å². The Morgan fingerprint density at radius 1 is 0.746 bits per heavy atom. The smallest absolute Gasteiger partial charge is 0.326 e. The van der Waals surface area contributed by atoms with E-state index in [1.807, 2.05) is 0 Å². The molecule has 6 atom stereocenters. The number of nitrogens with one attached hydrogen (secondary N) is 4. The third kappa shape index (κ3) is 14.6. The average molecular weight is 859 g/mol. The van der Waals surface area contributed by atoms with Crippen molar-refractivity contribution in [2.75, 3.05) is 18.1 Å². The molecular weight excluding hydrogens is 809 g/mol. The number of carbonyl (C=O) groups is 9. The van der Waals surface area contributed by atoms with Crippen LogP contribution in [0.15, 0.2) is 48.5 Å². The van der Waals surface area contributed by atoms with Crippen molar-refractivity contribution in [3.63, 3.8) is 0 Å². The molecule has 1 saturated heterocycles. The van der Waals surface area contributed by atoms with Crippen LogP contribution in [0.3, 0.4) is 0 Å². The van der Waals surface area contributed by atoms with E-state index in [4.69, 9.17) is 17.2 Å². The molecule has 0 aliphatic carbocycles. The summed E-state index contributed by atoms with van der Waals surface area (Å²) in [5.41, 5.74) is 18.0. The fourth-order valence-electron chi connectivity index (χ4n) is 6.31. The SMILES string of the molecule is NC(=O)CC[C@H](NC(=O)[C@H](Cc1ccccc1)NC(=O)[C@@H](N)Cc1ccc(O)c(C(=O)CCS)c1)C(=O)N[C@@H](CC(N)=O)C(=O)N[C@@H](CS)C(=O)N1CCC[C@H]1C(=O)O. The molecule has 21 heteroatoms. The maximum Gasteiger partial charge on any atom is 0.326 e. The van der Waals surface area contributed by atoms with Crippen LogP contribution in [0.25, 0.3) is 0 Å². The molecular formula is C38H50N8O11S2. The molecule has 2 aromatic carbocycles. The zero-order chi connectivity index (χ0) is 43.8. The minimum atomic E-state index is -1.71. The molecule has 0 radical (unpaired) electrons. The molecule has 0 spiro atoms. The number of amides is 7. The zero-order valence-corrected chi connectivity index (χ0v) is 33.8. The van der Waals surface area contributed by atoms with Crippen LogP contribution < -0.4 is 38.5 Å². The van der Waals surface area contributed by atoms with Crippen molar-refractivity contribution < 1.29 is 53.4 Å². The Labute approximate surface area is 350 Å². The van der Waals surface area contributed by atoms with Crippen LogP contribution in [0.2, 0.25) is 0 Å². The monoisotopic (exact) mass is 858 g/mol.